The molecule has 3 rings (SSSR count). The van der Waals surface area contributed by atoms with Crippen LogP contribution in [0.3, 0.4) is 0 Å². The molecule has 0 bridgehead atoms. The first kappa shape index (κ1) is 22.4. The molecule has 0 radical (unpaired) electrons. The van der Waals surface area contributed by atoms with E-state index in [0.29, 0.717) is 42.1 Å². The van der Waals surface area contributed by atoms with Crippen molar-refractivity contribution in [2.24, 2.45) is 0 Å². The Kier molecular flexibility index (Phi) is 6.96. The summed E-state index contributed by atoms with van der Waals surface area (Å²) in [4.78, 5) is 12.7. The summed E-state index contributed by atoms with van der Waals surface area (Å²) in [5.74, 6) is 0.130. The summed E-state index contributed by atoms with van der Waals surface area (Å²) in [6, 6.07) is 13.3. The lowest BCUT2D eigenvalue weighted by molar-refractivity contribution is 0.0951. The first-order chi connectivity index (χ1) is 14.8. The lowest BCUT2D eigenvalue weighted by Crippen LogP contribution is -2.29. The number of hydrogen-bond donors (Lipinski definition) is 1. The number of carbonyl (C=O) groups excluding carboxylic acids is 1. The number of nitrogens with one attached hydrogen (secondary N) is 1. The normalized spacial score (nSPS) is 11.2. The third kappa shape index (κ3) is 5.05. The van der Waals surface area contributed by atoms with Gasteiger partial charge in [0.15, 0.2) is 0 Å². The molecule has 2 aromatic carbocycles. The van der Waals surface area contributed by atoms with E-state index in [0.717, 1.165) is 4.31 Å². The van der Waals surface area contributed by atoms with Gasteiger partial charge in [-0.15, -0.1) is 0 Å². The Bertz CT molecular complexity index is 1140. The second-order valence-electron chi connectivity index (χ2n) is 7.00. The van der Waals surface area contributed by atoms with Crippen molar-refractivity contribution in [1.82, 2.24) is 15.1 Å². The SMILES string of the molecule is COc1ccccc1N(C)S(=O)(=O)c1ccc(C)c(C(=O)NCCCn2cccn2)c1. The van der Waals surface area contributed by atoms with Gasteiger partial charge in [0.1, 0.15) is 5.75 Å². The molecule has 1 amide bonds. The molecule has 0 aliphatic carbocycles. The number of benzene rings is 2. The van der Waals surface area contributed by atoms with E-state index in [9.17, 15) is 13.2 Å². The zero-order chi connectivity index (χ0) is 22.4. The quantitative estimate of drug-likeness (QED) is 0.515. The van der Waals surface area contributed by atoms with Gasteiger partial charge >= 0.3 is 0 Å². The van der Waals surface area contributed by atoms with Crippen LogP contribution in [-0.4, -0.2) is 44.8 Å². The van der Waals surface area contributed by atoms with Crippen molar-refractivity contribution in [2.75, 3.05) is 25.0 Å². The number of amides is 1. The fourth-order valence-electron chi connectivity index (χ4n) is 3.15. The summed E-state index contributed by atoms with van der Waals surface area (Å²) in [6.45, 7) is 2.92. The van der Waals surface area contributed by atoms with E-state index in [4.69, 9.17) is 4.74 Å². The molecule has 9 heteroatoms. The highest BCUT2D eigenvalue weighted by Gasteiger charge is 2.25. The van der Waals surface area contributed by atoms with Crippen LogP contribution in [0.5, 0.6) is 5.75 Å². The van der Waals surface area contributed by atoms with Gasteiger partial charge in [0.25, 0.3) is 15.9 Å². The third-order valence-corrected chi connectivity index (χ3v) is 6.71. The molecule has 0 saturated heterocycles. The minimum atomic E-state index is -3.89. The van der Waals surface area contributed by atoms with Crippen LogP contribution in [0.2, 0.25) is 0 Å². The number of aromatic nitrogens is 2. The van der Waals surface area contributed by atoms with Crippen molar-refractivity contribution in [3.05, 3.63) is 72.1 Å². The highest BCUT2D eigenvalue weighted by atomic mass is 32.2. The van der Waals surface area contributed by atoms with Crippen LogP contribution < -0.4 is 14.4 Å². The number of aryl methyl sites for hydroxylation is 2. The zero-order valence-electron chi connectivity index (χ0n) is 17.8. The van der Waals surface area contributed by atoms with Crippen molar-refractivity contribution < 1.29 is 17.9 Å². The number of methoxy groups -OCH3 is 1. The minimum Gasteiger partial charge on any atom is -0.495 e. The zero-order valence-corrected chi connectivity index (χ0v) is 18.6. The Hall–Kier alpha value is -3.33. The molecule has 0 unspecified atom stereocenters. The molecule has 0 atom stereocenters. The van der Waals surface area contributed by atoms with Gasteiger partial charge in [-0.05, 0) is 49.2 Å². The number of nitrogens with zero attached hydrogens (tertiary/aromatic N) is 3. The summed E-state index contributed by atoms with van der Waals surface area (Å²) in [6.07, 6.45) is 4.27. The van der Waals surface area contributed by atoms with Gasteiger partial charge in [0.2, 0.25) is 0 Å². The predicted octanol–water partition coefficient (Wildman–Crippen LogP) is 2.85. The van der Waals surface area contributed by atoms with E-state index in [2.05, 4.69) is 10.4 Å². The van der Waals surface area contributed by atoms with Crippen LogP contribution in [0.25, 0.3) is 0 Å². The molecule has 1 N–H and O–H groups in total. The number of ether oxygens (including phenoxy) is 1. The number of carbonyl (C=O) groups is 1. The van der Waals surface area contributed by atoms with E-state index in [1.807, 2.05) is 12.3 Å². The van der Waals surface area contributed by atoms with Gasteiger partial charge in [-0.1, -0.05) is 18.2 Å². The van der Waals surface area contributed by atoms with Crippen molar-refractivity contribution in [2.45, 2.75) is 24.8 Å². The van der Waals surface area contributed by atoms with Crippen LogP contribution >= 0.6 is 0 Å². The largest absolute Gasteiger partial charge is 0.495 e. The molecule has 164 valence electrons. The Morgan fingerprint density at radius 3 is 2.68 bits per heavy atom. The third-order valence-electron chi connectivity index (χ3n) is 4.95. The lowest BCUT2D eigenvalue weighted by atomic mass is 10.1. The summed E-state index contributed by atoms with van der Waals surface area (Å²) >= 11 is 0. The molecule has 1 aromatic heterocycles. The molecule has 3 aromatic rings. The Morgan fingerprint density at radius 2 is 1.97 bits per heavy atom. The maximum Gasteiger partial charge on any atom is 0.264 e. The molecule has 0 spiro atoms. The molecule has 1 heterocycles. The summed E-state index contributed by atoms with van der Waals surface area (Å²) < 4.78 is 34.6. The van der Waals surface area contributed by atoms with Crippen molar-refractivity contribution in [3.63, 3.8) is 0 Å². The fourth-order valence-corrected chi connectivity index (χ4v) is 4.39. The number of rotatable bonds is 9. The first-order valence-corrected chi connectivity index (χ1v) is 11.3. The van der Waals surface area contributed by atoms with E-state index in [1.54, 1.807) is 48.1 Å². The molecular formula is C22H26N4O4S. The van der Waals surface area contributed by atoms with Gasteiger partial charge in [0.05, 0.1) is 17.7 Å². The lowest BCUT2D eigenvalue weighted by Gasteiger charge is -2.22. The minimum absolute atomic E-state index is 0.0354. The Labute approximate surface area is 182 Å². The summed E-state index contributed by atoms with van der Waals surface area (Å²) in [7, 11) is -0.944. The number of hydrogen-bond acceptors (Lipinski definition) is 5. The van der Waals surface area contributed by atoms with Gasteiger partial charge in [-0.25, -0.2) is 8.42 Å². The number of anilines is 1. The van der Waals surface area contributed by atoms with E-state index >= 15 is 0 Å². The standard InChI is InChI=1S/C22H26N4O4S/c1-17-10-11-18(31(28,29)25(2)20-8-4-5-9-21(20)30-3)16-19(17)22(27)23-12-6-14-26-15-7-13-24-26/h4-5,7-11,13,15-16H,6,12,14H2,1-3H3,(H,23,27). The number of sulfonamides is 1. The van der Waals surface area contributed by atoms with E-state index in [-0.39, 0.29) is 10.8 Å². The average molecular weight is 443 g/mol. The van der Waals surface area contributed by atoms with Crippen LogP contribution in [0.1, 0.15) is 22.3 Å². The fraction of sp³-hybridized carbons (Fsp3) is 0.273. The van der Waals surface area contributed by atoms with Crippen LogP contribution in [-0.2, 0) is 16.6 Å². The van der Waals surface area contributed by atoms with Crippen LogP contribution in [0, 0.1) is 6.92 Å². The maximum absolute atomic E-state index is 13.2. The summed E-state index contributed by atoms with van der Waals surface area (Å²) in [5.41, 5.74) is 1.44. The first-order valence-electron chi connectivity index (χ1n) is 9.83. The smallest absolute Gasteiger partial charge is 0.264 e. The molecule has 0 saturated carbocycles. The van der Waals surface area contributed by atoms with E-state index in [1.165, 1.54) is 26.3 Å². The highest BCUT2D eigenvalue weighted by Crippen LogP contribution is 2.31. The molecule has 8 nitrogen and oxygen atoms in total. The van der Waals surface area contributed by atoms with E-state index < -0.39 is 10.0 Å². The maximum atomic E-state index is 13.2. The Morgan fingerprint density at radius 1 is 1.19 bits per heavy atom. The molecule has 0 fully saturated rings. The predicted molar refractivity (Wildman–Crippen MR) is 119 cm³/mol. The molecular weight excluding hydrogens is 416 g/mol. The second kappa shape index (κ2) is 9.65. The van der Waals surface area contributed by atoms with Crippen molar-refractivity contribution in [1.29, 1.82) is 0 Å². The molecule has 0 aliphatic heterocycles. The highest BCUT2D eigenvalue weighted by molar-refractivity contribution is 7.92. The van der Waals surface area contributed by atoms with Gasteiger partial charge in [-0.2, -0.15) is 5.10 Å². The molecule has 0 aliphatic rings. The van der Waals surface area contributed by atoms with Crippen molar-refractivity contribution >= 4 is 21.6 Å². The van der Waals surface area contributed by atoms with Crippen molar-refractivity contribution in [3.8, 4) is 5.75 Å². The topological polar surface area (TPSA) is 93.5 Å². The average Bonchev–Trinajstić information content (AvgIpc) is 3.29. The number of para-hydroxylation sites is 2. The van der Waals surface area contributed by atoms with Gasteiger partial charge in [-0.3, -0.25) is 13.8 Å². The molecule has 31 heavy (non-hydrogen) atoms. The van der Waals surface area contributed by atoms with Crippen LogP contribution in [0.15, 0.2) is 65.8 Å². The summed E-state index contributed by atoms with van der Waals surface area (Å²) in [5, 5.41) is 6.97. The second-order valence-corrected chi connectivity index (χ2v) is 8.97. The van der Waals surface area contributed by atoms with Gasteiger partial charge < -0.3 is 10.1 Å². The van der Waals surface area contributed by atoms with Gasteiger partial charge in [0, 0.05) is 38.1 Å². The van der Waals surface area contributed by atoms with Crippen LogP contribution in [0.4, 0.5) is 5.69 Å². The Balaban J connectivity index is 1.76. The monoisotopic (exact) mass is 442 g/mol.